The van der Waals surface area contributed by atoms with E-state index in [2.05, 4.69) is 0 Å². The predicted molar refractivity (Wildman–Crippen MR) is 78.0 cm³/mol. The summed E-state index contributed by atoms with van der Waals surface area (Å²) >= 11 is 5.79. The lowest BCUT2D eigenvalue weighted by Gasteiger charge is -2.01. The van der Waals surface area contributed by atoms with Crippen LogP contribution in [0.3, 0.4) is 0 Å². The molecule has 2 aromatic carbocycles. The summed E-state index contributed by atoms with van der Waals surface area (Å²) in [6.45, 7) is 0. The van der Waals surface area contributed by atoms with Crippen molar-refractivity contribution < 1.29 is 4.92 Å². The fourth-order valence-electron chi connectivity index (χ4n) is 1.76. The van der Waals surface area contributed by atoms with Crippen molar-refractivity contribution in [3.8, 4) is 6.07 Å². The Balaban J connectivity index is 2.51. The highest BCUT2D eigenvalue weighted by molar-refractivity contribution is 6.30. The van der Waals surface area contributed by atoms with E-state index in [0.717, 1.165) is 5.56 Å². The number of allylic oxidation sites excluding steroid dienone is 1. The average Bonchev–Trinajstić information content (AvgIpc) is 2.46. The molecule has 5 heteroatoms. The van der Waals surface area contributed by atoms with Crippen LogP contribution < -0.4 is 0 Å². The Hall–Kier alpha value is -2.64. The van der Waals surface area contributed by atoms with Crippen LogP contribution in [0.1, 0.15) is 11.1 Å². The number of nitro benzene ring substituents is 1. The van der Waals surface area contributed by atoms with Crippen molar-refractivity contribution in [2.45, 2.75) is 0 Å². The molecule has 2 aromatic rings. The molecule has 0 aromatic heterocycles. The van der Waals surface area contributed by atoms with Crippen molar-refractivity contribution in [2.75, 3.05) is 0 Å². The predicted octanol–water partition coefficient (Wildman–Crippen LogP) is 4.31. The molecule has 0 radical (unpaired) electrons. The number of para-hydroxylation sites is 1. The van der Waals surface area contributed by atoms with Gasteiger partial charge in [0.15, 0.2) is 0 Å². The zero-order valence-electron chi connectivity index (χ0n) is 10.3. The Bertz CT molecular complexity index is 715. The van der Waals surface area contributed by atoms with Gasteiger partial charge in [-0.1, -0.05) is 35.9 Å². The Labute approximate surface area is 120 Å². The third kappa shape index (κ3) is 3.02. The van der Waals surface area contributed by atoms with Crippen molar-refractivity contribution in [1.82, 2.24) is 0 Å². The summed E-state index contributed by atoms with van der Waals surface area (Å²) < 4.78 is 0. The molecule has 0 aliphatic carbocycles. The Kier molecular flexibility index (Phi) is 4.14. The SMILES string of the molecule is N#CC(=Cc1ccc(Cl)cc1)c1ccccc1[N+](=O)[O-]. The fourth-order valence-corrected chi connectivity index (χ4v) is 1.88. The number of hydrogen-bond donors (Lipinski definition) is 0. The monoisotopic (exact) mass is 284 g/mol. The molecule has 20 heavy (non-hydrogen) atoms. The van der Waals surface area contributed by atoms with Crippen LogP contribution in [-0.4, -0.2) is 4.92 Å². The topological polar surface area (TPSA) is 66.9 Å². The highest BCUT2D eigenvalue weighted by Gasteiger charge is 2.15. The van der Waals surface area contributed by atoms with Crippen LogP contribution in [0.2, 0.25) is 5.02 Å². The van der Waals surface area contributed by atoms with Gasteiger partial charge in [-0.3, -0.25) is 10.1 Å². The number of hydrogen-bond acceptors (Lipinski definition) is 3. The minimum atomic E-state index is -0.498. The molecule has 0 spiro atoms. The molecule has 0 amide bonds. The molecule has 0 heterocycles. The highest BCUT2D eigenvalue weighted by atomic mass is 35.5. The van der Waals surface area contributed by atoms with Crippen LogP contribution in [-0.2, 0) is 0 Å². The number of nitrogens with zero attached hydrogens (tertiary/aromatic N) is 2. The van der Waals surface area contributed by atoms with Crippen molar-refractivity contribution in [1.29, 1.82) is 5.26 Å². The van der Waals surface area contributed by atoms with Gasteiger partial charge in [-0.2, -0.15) is 5.26 Å². The van der Waals surface area contributed by atoms with Gasteiger partial charge >= 0.3 is 0 Å². The molecule has 0 bridgehead atoms. The molecule has 98 valence electrons. The molecule has 0 aliphatic heterocycles. The lowest BCUT2D eigenvalue weighted by Crippen LogP contribution is -1.93. The summed E-state index contributed by atoms with van der Waals surface area (Å²) in [6, 6.07) is 15.0. The van der Waals surface area contributed by atoms with Gasteiger partial charge in [0.2, 0.25) is 0 Å². The molecule has 0 aliphatic rings. The average molecular weight is 285 g/mol. The second kappa shape index (κ2) is 6.00. The molecule has 0 N–H and O–H groups in total. The maximum absolute atomic E-state index is 11.0. The summed E-state index contributed by atoms with van der Waals surface area (Å²) in [6.07, 6.45) is 1.60. The van der Waals surface area contributed by atoms with Crippen LogP contribution in [0.25, 0.3) is 11.6 Å². The van der Waals surface area contributed by atoms with E-state index in [9.17, 15) is 15.4 Å². The third-order valence-corrected chi connectivity index (χ3v) is 2.94. The lowest BCUT2D eigenvalue weighted by molar-refractivity contribution is -0.385. The summed E-state index contributed by atoms with van der Waals surface area (Å²) in [5.41, 5.74) is 1.20. The maximum atomic E-state index is 11.0. The molecule has 4 nitrogen and oxygen atoms in total. The minimum absolute atomic E-state index is 0.0886. The van der Waals surface area contributed by atoms with E-state index >= 15 is 0 Å². The summed E-state index contributed by atoms with van der Waals surface area (Å²) in [4.78, 5) is 10.5. The number of halogens is 1. The van der Waals surface area contributed by atoms with E-state index in [1.54, 1.807) is 48.5 Å². The van der Waals surface area contributed by atoms with E-state index in [1.165, 1.54) is 6.07 Å². The molecular formula is C15H9ClN2O2. The first-order valence-electron chi connectivity index (χ1n) is 5.73. The van der Waals surface area contributed by atoms with E-state index in [1.807, 2.05) is 6.07 Å². The van der Waals surface area contributed by atoms with Gasteiger partial charge in [0.05, 0.1) is 16.1 Å². The van der Waals surface area contributed by atoms with Gasteiger partial charge < -0.3 is 0 Å². The van der Waals surface area contributed by atoms with E-state index in [0.29, 0.717) is 10.6 Å². The molecule has 0 saturated heterocycles. The van der Waals surface area contributed by atoms with E-state index in [4.69, 9.17) is 11.6 Å². The smallest absolute Gasteiger partial charge is 0.258 e. The Morgan fingerprint density at radius 1 is 1.20 bits per heavy atom. The molecule has 0 unspecified atom stereocenters. The maximum Gasteiger partial charge on any atom is 0.277 e. The Morgan fingerprint density at radius 2 is 1.85 bits per heavy atom. The second-order valence-electron chi connectivity index (χ2n) is 4.00. The quantitative estimate of drug-likeness (QED) is 0.365. The van der Waals surface area contributed by atoms with E-state index in [-0.39, 0.29) is 11.3 Å². The van der Waals surface area contributed by atoms with Crippen LogP contribution in [0.15, 0.2) is 48.5 Å². The number of nitriles is 1. The lowest BCUT2D eigenvalue weighted by atomic mass is 10.0. The van der Waals surface area contributed by atoms with Gasteiger partial charge in [-0.25, -0.2) is 0 Å². The number of nitro groups is 1. The zero-order valence-corrected chi connectivity index (χ0v) is 11.0. The molecular weight excluding hydrogens is 276 g/mol. The number of benzene rings is 2. The fraction of sp³-hybridized carbons (Fsp3) is 0. The molecule has 2 rings (SSSR count). The minimum Gasteiger partial charge on any atom is -0.258 e. The first-order valence-corrected chi connectivity index (χ1v) is 6.11. The van der Waals surface area contributed by atoms with Crippen LogP contribution in [0, 0.1) is 21.4 Å². The van der Waals surface area contributed by atoms with Crippen LogP contribution in [0.5, 0.6) is 0 Å². The van der Waals surface area contributed by atoms with Gasteiger partial charge in [-0.15, -0.1) is 0 Å². The number of rotatable bonds is 3. The zero-order chi connectivity index (χ0) is 14.5. The van der Waals surface area contributed by atoms with Gasteiger partial charge in [0.1, 0.15) is 6.07 Å². The van der Waals surface area contributed by atoms with Gasteiger partial charge in [-0.05, 0) is 29.8 Å². The Morgan fingerprint density at radius 3 is 2.45 bits per heavy atom. The summed E-state index contributed by atoms with van der Waals surface area (Å²) in [5, 5.41) is 20.8. The van der Waals surface area contributed by atoms with E-state index < -0.39 is 4.92 Å². The van der Waals surface area contributed by atoms with Crippen LogP contribution in [0.4, 0.5) is 5.69 Å². The van der Waals surface area contributed by atoms with Crippen LogP contribution >= 0.6 is 11.6 Å². The first-order chi connectivity index (χ1) is 9.61. The molecule has 0 atom stereocenters. The first kappa shape index (κ1) is 13.8. The van der Waals surface area contributed by atoms with Gasteiger partial charge in [0.25, 0.3) is 5.69 Å². The normalized spacial score (nSPS) is 10.9. The van der Waals surface area contributed by atoms with Crippen molar-refractivity contribution in [3.05, 3.63) is 74.8 Å². The largest absolute Gasteiger partial charge is 0.277 e. The highest BCUT2D eigenvalue weighted by Crippen LogP contribution is 2.27. The third-order valence-electron chi connectivity index (χ3n) is 2.69. The van der Waals surface area contributed by atoms with Crippen molar-refractivity contribution in [2.24, 2.45) is 0 Å². The molecule has 0 saturated carbocycles. The van der Waals surface area contributed by atoms with Crippen molar-refractivity contribution >= 4 is 28.9 Å². The second-order valence-corrected chi connectivity index (χ2v) is 4.43. The summed E-state index contributed by atoms with van der Waals surface area (Å²) in [5.74, 6) is 0. The van der Waals surface area contributed by atoms with Gasteiger partial charge in [0, 0.05) is 11.1 Å². The molecule has 0 fully saturated rings. The standard InChI is InChI=1S/C15H9ClN2O2/c16-13-7-5-11(6-8-13)9-12(10-17)14-3-1-2-4-15(14)18(19)20/h1-9H. The van der Waals surface area contributed by atoms with Crippen molar-refractivity contribution in [3.63, 3.8) is 0 Å². The summed E-state index contributed by atoms with van der Waals surface area (Å²) in [7, 11) is 0.